The number of thioether (sulfide) groups is 1. The molecular formula is C25H26N4O5S. The van der Waals surface area contributed by atoms with Crippen LogP contribution in [0.3, 0.4) is 0 Å². The molecule has 0 unspecified atom stereocenters. The van der Waals surface area contributed by atoms with Gasteiger partial charge in [0.15, 0.2) is 5.82 Å². The van der Waals surface area contributed by atoms with Crippen LogP contribution in [0, 0.1) is 0 Å². The first kappa shape index (κ1) is 24.3. The smallest absolute Gasteiger partial charge is 0.412 e. The largest absolute Gasteiger partial charge is 0.480 e. The zero-order valence-corrected chi connectivity index (χ0v) is 20.2. The minimum Gasteiger partial charge on any atom is -0.480 e. The van der Waals surface area contributed by atoms with E-state index in [-0.39, 0.29) is 24.0 Å². The second kappa shape index (κ2) is 10.6. The standard InChI is InChI=1S/C25H26N4O5S/c1-29-21(23(30)26-20(24(31)32)11-12-35-2)13-22(28-29)27-25(33)34-14-19-17-9-5-3-7-15(17)16-8-4-6-10-18(16)19/h3-10,13,19-20H,11-12,14H2,1-2H3,(H,26,30)(H,31,32)(H,27,28,33)/t20-/m1/s1. The van der Waals surface area contributed by atoms with E-state index < -0.39 is 24.0 Å². The Morgan fingerprint density at radius 3 is 2.34 bits per heavy atom. The lowest BCUT2D eigenvalue weighted by molar-refractivity contribution is -0.139. The molecule has 4 rings (SSSR count). The summed E-state index contributed by atoms with van der Waals surface area (Å²) in [7, 11) is 1.54. The highest BCUT2D eigenvalue weighted by molar-refractivity contribution is 7.98. The monoisotopic (exact) mass is 494 g/mol. The fraction of sp³-hybridized carbons (Fsp3) is 0.280. The lowest BCUT2D eigenvalue weighted by Gasteiger charge is -2.14. The number of rotatable bonds is 9. The van der Waals surface area contributed by atoms with Crippen LogP contribution in [0.15, 0.2) is 54.6 Å². The van der Waals surface area contributed by atoms with Gasteiger partial charge in [-0.1, -0.05) is 48.5 Å². The lowest BCUT2D eigenvalue weighted by atomic mass is 9.98. The Kier molecular flexibility index (Phi) is 7.40. The molecule has 35 heavy (non-hydrogen) atoms. The van der Waals surface area contributed by atoms with Gasteiger partial charge < -0.3 is 15.2 Å². The number of hydrogen-bond donors (Lipinski definition) is 3. The maximum atomic E-state index is 12.6. The van der Waals surface area contributed by atoms with Gasteiger partial charge in [0, 0.05) is 19.0 Å². The van der Waals surface area contributed by atoms with Gasteiger partial charge in [0.05, 0.1) is 0 Å². The summed E-state index contributed by atoms with van der Waals surface area (Å²) in [6, 6.07) is 16.5. The molecule has 2 aromatic carbocycles. The van der Waals surface area contributed by atoms with Gasteiger partial charge in [-0.2, -0.15) is 16.9 Å². The number of aryl methyl sites for hydroxylation is 1. The van der Waals surface area contributed by atoms with Crippen LogP contribution in [0.2, 0.25) is 0 Å². The zero-order chi connectivity index (χ0) is 24.9. The van der Waals surface area contributed by atoms with E-state index in [2.05, 4.69) is 27.9 Å². The summed E-state index contributed by atoms with van der Waals surface area (Å²) in [5.74, 6) is -1.05. The third-order valence-electron chi connectivity index (χ3n) is 5.90. The molecule has 10 heteroatoms. The van der Waals surface area contributed by atoms with Crippen molar-refractivity contribution in [3.8, 4) is 11.1 Å². The Balaban J connectivity index is 1.39. The van der Waals surface area contributed by atoms with E-state index in [0.717, 1.165) is 22.3 Å². The average Bonchev–Trinajstić information content (AvgIpc) is 3.37. The molecule has 0 spiro atoms. The van der Waals surface area contributed by atoms with Crippen molar-refractivity contribution in [2.24, 2.45) is 7.05 Å². The summed E-state index contributed by atoms with van der Waals surface area (Å²) in [6.45, 7) is 0.149. The minimum absolute atomic E-state index is 0.0764. The number of nitrogens with zero attached hydrogens (tertiary/aromatic N) is 2. The van der Waals surface area contributed by atoms with E-state index in [1.807, 2.05) is 42.7 Å². The maximum absolute atomic E-state index is 12.6. The van der Waals surface area contributed by atoms with Gasteiger partial charge in [0.25, 0.3) is 5.91 Å². The fourth-order valence-corrected chi connectivity index (χ4v) is 4.68. The number of carbonyl (C=O) groups excluding carboxylic acids is 2. The second-order valence-electron chi connectivity index (χ2n) is 8.13. The van der Waals surface area contributed by atoms with Crippen LogP contribution in [0.25, 0.3) is 11.1 Å². The Hall–Kier alpha value is -3.79. The number of aromatic nitrogens is 2. The van der Waals surface area contributed by atoms with E-state index in [4.69, 9.17) is 4.74 Å². The molecule has 1 aromatic heterocycles. The summed E-state index contributed by atoms with van der Waals surface area (Å²) in [5, 5.41) is 18.5. The molecule has 9 nitrogen and oxygen atoms in total. The highest BCUT2D eigenvalue weighted by atomic mass is 32.2. The van der Waals surface area contributed by atoms with Gasteiger partial charge in [-0.25, -0.2) is 9.59 Å². The summed E-state index contributed by atoms with van der Waals surface area (Å²) >= 11 is 1.50. The molecule has 1 aliphatic rings. The van der Waals surface area contributed by atoms with Gasteiger partial charge in [-0.15, -0.1) is 0 Å². The number of carbonyl (C=O) groups is 3. The predicted octanol–water partition coefficient (Wildman–Crippen LogP) is 3.72. The number of carboxylic acids is 1. The third kappa shape index (κ3) is 5.32. The number of amides is 2. The molecule has 0 fully saturated rings. The van der Waals surface area contributed by atoms with Gasteiger partial charge in [-0.05, 0) is 40.7 Å². The Morgan fingerprint density at radius 1 is 1.11 bits per heavy atom. The molecule has 2 amide bonds. The summed E-state index contributed by atoms with van der Waals surface area (Å²) < 4.78 is 6.79. The highest BCUT2D eigenvalue weighted by Gasteiger charge is 2.29. The molecule has 0 saturated heterocycles. The first-order chi connectivity index (χ1) is 16.9. The van der Waals surface area contributed by atoms with Crippen LogP contribution in [0.5, 0.6) is 0 Å². The quantitative estimate of drug-likeness (QED) is 0.414. The molecular weight excluding hydrogens is 468 g/mol. The minimum atomic E-state index is -1.11. The third-order valence-corrected chi connectivity index (χ3v) is 6.54. The second-order valence-corrected chi connectivity index (χ2v) is 9.12. The van der Waals surface area contributed by atoms with Gasteiger partial charge in [0.1, 0.15) is 18.3 Å². The molecule has 182 valence electrons. The molecule has 0 aliphatic heterocycles. The maximum Gasteiger partial charge on any atom is 0.412 e. The SMILES string of the molecule is CSCC[C@@H](NC(=O)c1cc(NC(=O)OCC2c3ccccc3-c3ccccc32)nn1C)C(=O)O. The molecule has 0 saturated carbocycles. The predicted molar refractivity (Wildman–Crippen MR) is 134 cm³/mol. The van der Waals surface area contributed by atoms with E-state index in [1.165, 1.54) is 29.6 Å². The van der Waals surface area contributed by atoms with Gasteiger partial charge in [-0.3, -0.25) is 14.8 Å². The van der Waals surface area contributed by atoms with E-state index in [9.17, 15) is 19.5 Å². The summed E-state index contributed by atoms with van der Waals surface area (Å²) in [6.07, 6.45) is 1.47. The first-order valence-corrected chi connectivity index (χ1v) is 12.5. The first-order valence-electron chi connectivity index (χ1n) is 11.1. The van der Waals surface area contributed by atoms with Crippen molar-refractivity contribution < 1.29 is 24.2 Å². The number of benzene rings is 2. The molecule has 3 N–H and O–H groups in total. The number of hydrogen-bond acceptors (Lipinski definition) is 6. The van der Waals surface area contributed by atoms with Crippen LogP contribution in [0.4, 0.5) is 10.6 Å². The number of anilines is 1. The van der Waals surface area contributed by atoms with E-state index in [0.29, 0.717) is 12.2 Å². The number of carboxylic acid groups (broad SMARTS) is 1. The molecule has 3 aromatic rings. The van der Waals surface area contributed by atoms with Crippen molar-refractivity contribution in [2.75, 3.05) is 23.9 Å². The van der Waals surface area contributed by atoms with Crippen molar-refractivity contribution in [1.82, 2.24) is 15.1 Å². The number of nitrogens with one attached hydrogen (secondary N) is 2. The van der Waals surface area contributed by atoms with E-state index >= 15 is 0 Å². The van der Waals surface area contributed by atoms with Gasteiger partial charge >= 0.3 is 12.1 Å². The number of aliphatic carboxylic acids is 1. The van der Waals surface area contributed by atoms with Crippen LogP contribution in [-0.2, 0) is 16.6 Å². The Labute approximate surface area is 206 Å². The lowest BCUT2D eigenvalue weighted by Crippen LogP contribution is -2.41. The van der Waals surface area contributed by atoms with Crippen molar-refractivity contribution >= 4 is 35.5 Å². The number of ether oxygens (including phenoxy) is 1. The molecule has 0 bridgehead atoms. The van der Waals surface area contributed by atoms with Crippen molar-refractivity contribution in [2.45, 2.75) is 18.4 Å². The topological polar surface area (TPSA) is 123 Å². The average molecular weight is 495 g/mol. The normalized spacial score (nSPS) is 13.0. The number of fused-ring (bicyclic) bond motifs is 3. The highest BCUT2D eigenvalue weighted by Crippen LogP contribution is 2.44. The van der Waals surface area contributed by atoms with Crippen LogP contribution < -0.4 is 10.6 Å². The Bertz CT molecular complexity index is 1210. The zero-order valence-electron chi connectivity index (χ0n) is 19.4. The van der Waals surface area contributed by atoms with Crippen LogP contribution >= 0.6 is 11.8 Å². The molecule has 0 radical (unpaired) electrons. The van der Waals surface area contributed by atoms with Crippen molar-refractivity contribution in [3.63, 3.8) is 0 Å². The van der Waals surface area contributed by atoms with Crippen molar-refractivity contribution in [1.29, 1.82) is 0 Å². The van der Waals surface area contributed by atoms with Gasteiger partial charge in [0.2, 0.25) is 0 Å². The van der Waals surface area contributed by atoms with Crippen molar-refractivity contribution in [3.05, 3.63) is 71.4 Å². The summed E-state index contributed by atoms with van der Waals surface area (Å²) in [5.41, 5.74) is 4.60. The molecule has 1 atom stereocenters. The fourth-order valence-electron chi connectivity index (χ4n) is 4.21. The Morgan fingerprint density at radius 2 is 1.74 bits per heavy atom. The molecule has 1 aliphatic carbocycles. The molecule has 1 heterocycles. The summed E-state index contributed by atoms with van der Waals surface area (Å²) in [4.78, 5) is 36.5. The van der Waals surface area contributed by atoms with Crippen LogP contribution in [-0.4, -0.2) is 57.5 Å². The van der Waals surface area contributed by atoms with E-state index in [1.54, 1.807) is 0 Å². The van der Waals surface area contributed by atoms with Crippen LogP contribution in [0.1, 0.15) is 34.0 Å².